The number of esters is 6. The van der Waals surface area contributed by atoms with E-state index >= 15 is 0 Å². The molecule has 2 unspecified atom stereocenters. The predicted molar refractivity (Wildman–Crippen MR) is 108 cm³/mol. The summed E-state index contributed by atoms with van der Waals surface area (Å²) in [4.78, 5) is 78.8. The fourth-order valence-corrected chi connectivity index (χ4v) is 6.00. The Bertz CT molecular complexity index is 1010. The van der Waals surface area contributed by atoms with Crippen LogP contribution >= 0.6 is 0 Å². The standard InChI is InChI=1S/C22H22O14/c1-29-15(23)7-8(16(24)30-2)12-22(20(28)34-6)14-10(18(26)32-4)9(17(25)31-3)13(36-14)21(22,11(7)35-12)19(27)33-5/h11-14H,1-6H3/t11-,12+,13+,14-,21?,22?. The Morgan fingerprint density at radius 2 is 0.694 bits per heavy atom. The second-order valence-corrected chi connectivity index (χ2v) is 8.13. The van der Waals surface area contributed by atoms with Crippen molar-refractivity contribution in [2.75, 3.05) is 42.7 Å². The Hall–Kier alpha value is -3.78. The van der Waals surface area contributed by atoms with Crippen LogP contribution < -0.4 is 0 Å². The number of methoxy groups -OCH3 is 6. The molecule has 0 N–H and O–H groups in total. The minimum absolute atomic E-state index is 0.431. The minimum Gasteiger partial charge on any atom is -0.468 e. The van der Waals surface area contributed by atoms with Crippen molar-refractivity contribution in [1.29, 1.82) is 0 Å². The first-order chi connectivity index (χ1) is 17.1. The van der Waals surface area contributed by atoms with Crippen molar-refractivity contribution >= 4 is 35.8 Å². The quantitative estimate of drug-likeness (QED) is 0.287. The van der Waals surface area contributed by atoms with E-state index in [0.717, 1.165) is 42.7 Å². The fraction of sp³-hybridized carbons (Fsp3) is 0.545. The van der Waals surface area contributed by atoms with Gasteiger partial charge in [0, 0.05) is 0 Å². The second kappa shape index (κ2) is 8.41. The highest BCUT2D eigenvalue weighted by atomic mass is 16.6. The van der Waals surface area contributed by atoms with Gasteiger partial charge in [-0.3, -0.25) is 9.59 Å². The number of hydrogen-bond acceptors (Lipinski definition) is 14. The van der Waals surface area contributed by atoms with Gasteiger partial charge >= 0.3 is 35.8 Å². The van der Waals surface area contributed by atoms with Crippen LogP contribution in [0.25, 0.3) is 0 Å². The summed E-state index contributed by atoms with van der Waals surface area (Å²) >= 11 is 0. The Morgan fingerprint density at radius 3 is 0.861 bits per heavy atom. The Balaban J connectivity index is 2.17. The molecule has 0 aromatic carbocycles. The molecule has 4 aliphatic rings. The summed E-state index contributed by atoms with van der Waals surface area (Å²) in [6.45, 7) is 0. The molecule has 4 heterocycles. The van der Waals surface area contributed by atoms with Gasteiger partial charge in [0.2, 0.25) is 0 Å². The molecular formula is C22H22O14. The summed E-state index contributed by atoms with van der Waals surface area (Å²) in [5.74, 6) is -6.53. The summed E-state index contributed by atoms with van der Waals surface area (Å²) in [5.41, 5.74) is -6.35. The van der Waals surface area contributed by atoms with Crippen molar-refractivity contribution in [3.05, 3.63) is 22.3 Å². The SMILES string of the molecule is COC(=O)C1=C(C(=O)OC)[C@@H]2O[C@H]1C1(C(=O)OC)[C@H]3O[C@H](C(C(=O)OC)=C3C(=O)OC)C21C(=O)OC. The highest BCUT2D eigenvalue weighted by Crippen LogP contribution is 2.74. The minimum atomic E-state index is -2.31. The molecule has 4 rings (SSSR count). The van der Waals surface area contributed by atoms with Gasteiger partial charge in [0.25, 0.3) is 0 Å². The third kappa shape index (κ3) is 2.52. The van der Waals surface area contributed by atoms with Gasteiger partial charge in [0.1, 0.15) is 24.4 Å². The van der Waals surface area contributed by atoms with Crippen molar-refractivity contribution in [3.63, 3.8) is 0 Å². The maximum absolute atomic E-state index is 13.7. The smallest absolute Gasteiger partial charge is 0.337 e. The Morgan fingerprint density at radius 1 is 0.472 bits per heavy atom. The number of carbonyl (C=O) groups excluding carboxylic acids is 6. The van der Waals surface area contributed by atoms with Crippen LogP contribution in [0.4, 0.5) is 0 Å². The van der Waals surface area contributed by atoms with E-state index in [4.69, 9.17) is 37.9 Å². The van der Waals surface area contributed by atoms with E-state index in [-0.39, 0.29) is 0 Å². The van der Waals surface area contributed by atoms with Gasteiger partial charge in [-0.1, -0.05) is 0 Å². The fourth-order valence-electron chi connectivity index (χ4n) is 6.00. The maximum Gasteiger partial charge on any atom is 0.337 e. The monoisotopic (exact) mass is 510 g/mol. The molecule has 14 heteroatoms. The molecule has 2 saturated heterocycles. The number of hydrogen-bond donors (Lipinski definition) is 0. The first-order valence-corrected chi connectivity index (χ1v) is 10.4. The van der Waals surface area contributed by atoms with Crippen LogP contribution in [0.15, 0.2) is 22.3 Å². The van der Waals surface area contributed by atoms with Gasteiger partial charge in [-0.05, 0) is 0 Å². The molecule has 4 aliphatic heterocycles. The third-order valence-corrected chi connectivity index (χ3v) is 7.18. The summed E-state index contributed by atoms with van der Waals surface area (Å²) in [6, 6.07) is 0. The van der Waals surface area contributed by atoms with Crippen LogP contribution in [0, 0.1) is 10.8 Å². The van der Waals surface area contributed by atoms with Crippen molar-refractivity contribution in [1.82, 2.24) is 0 Å². The molecule has 36 heavy (non-hydrogen) atoms. The summed E-state index contributed by atoms with van der Waals surface area (Å²) in [6.07, 6.45) is -6.82. The molecule has 0 saturated carbocycles. The molecule has 14 nitrogen and oxygen atoms in total. The number of rotatable bonds is 6. The van der Waals surface area contributed by atoms with Crippen LogP contribution in [0.5, 0.6) is 0 Å². The number of fused-ring (bicyclic) bond motifs is 9. The zero-order chi connectivity index (χ0) is 26.7. The lowest BCUT2D eigenvalue weighted by molar-refractivity contribution is -0.176. The van der Waals surface area contributed by atoms with Crippen LogP contribution in [-0.4, -0.2) is 103 Å². The maximum atomic E-state index is 13.7. The molecule has 0 radical (unpaired) electrons. The molecule has 0 spiro atoms. The van der Waals surface area contributed by atoms with E-state index in [9.17, 15) is 28.8 Å². The van der Waals surface area contributed by atoms with Gasteiger partial charge in [-0.2, -0.15) is 0 Å². The number of carbonyl (C=O) groups is 6. The lowest BCUT2D eigenvalue weighted by Crippen LogP contribution is -2.67. The summed E-state index contributed by atoms with van der Waals surface area (Å²) < 4.78 is 41.3. The number of ether oxygens (including phenoxy) is 8. The normalized spacial score (nSPS) is 33.2. The highest BCUT2D eigenvalue weighted by molar-refractivity contribution is 6.12. The average Bonchev–Trinajstić information content (AvgIpc) is 3.64. The van der Waals surface area contributed by atoms with E-state index in [0.29, 0.717) is 0 Å². The zero-order valence-corrected chi connectivity index (χ0v) is 20.0. The summed E-state index contributed by atoms with van der Waals surface area (Å²) in [7, 11) is 6.12. The Labute approximate surface area is 203 Å². The first kappa shape index (κ1) is 25.3. The lowest BCUT2D eigenvalue weighted by atomic mass is 9.48. The zero-order valence-electron chi connectivity index (χ0n) is 20.0. The highest BCUT2D eigenvalue weighted by Gasteiger charge is 2.92. The molecule has 0 aliphatic carbocycles. The molecule has 4 bridgehead atoms. The van der Waals surface area contributed by atoms with Gasteiger partial charge in [-0.25, -0.2) is 19.2 Å². The Kier molecular flexibility index (Phi) is 5.92. The van der Waals surface area contributed by atoms with E-state index in [1.54, 1.807) is 0 Å². The van der Waals surface area contributed by atoms with Crippen molar-refractivity contribution in [3.8, 4) is 0 Å². The van der Waals surface area contributed by atoms with Crippen LogP contribution in [0.2, 0.25) is 0 Å². The average molecular weight is 510 g/mol. The van der Waals surface area contributed by atoms with Crippen molar-refractivity contribution in [2.24, 2.45) is 10.8 Å². The molecule has 6 atom stereocenters. The van der Waals surface area contributed by atoms with E-state index in [2.05, 4.69) is 0 Å². The largest absolute Gasteiger partial charge is 0.468 e. The lowest BCUT2D eigenvalue weighted by Gasteiger charge is -2.46. The van der Waals surface area contributed by atoms with Crippen LogP contribution in [0.3, 0.4) is 0 Å². The van der Waals surface area contributed by atoms with E-state index in [1.165, 1.54) is 0 Å². The van der Waals surface area contributed by atoms with Gasteiger partial charge in [0.05, 0.1) is 65.0 Å². The van der Waals surface area contributed by atoms with Gasteiger partial charge in [-0.15, -0.1) is 0 Å². The summed E-state index contributed by atoms with van der Waals surface area (Å²) in [5, 5.41) is 0. The van der Waals surface area contributed by atoms with E-state index in [1.807, 2.05) is 0 Å². The van der Waals surface area contributed by atoms with Gasteiger partial charge in [0.15, 0.2) is 10.8 Å². The van der Waals surface area contributed by atoms with Crippen molar-refractivity contribution in [2.45, 2.75) is 24.4 Å². The topological polar surface area (TPSA) is 176 Å². The second-order valence-electron chi connectivity index (χ2n) is 8.13. The third-order valence-electron chi connectivity index (χ3n) is 7.18. The molecule has 0 aromatic heterocycles. The van der Waals surface area contributed by atoms with Crippen molar-refractivity contribution < 1.29 is 66.7 Å². The van der Waals surface area contributed by atoms with Crippen LogP contribution in [-0.2, 0) is 66.7 Å². The first-order valence-electron chi connectivity index (χ1n) is 10.4. The van der Waals surface area contributed by atoms with Crippen LogP contribution in [0.1, 0.15) is 0 Å². The van der Waals surface area contributed by atoms with E-state index < -0.39 is 93.4 Å². The molecule has 0 amide bonds. The van der Waals surface area contributed by atoms with Gasteiger partial charge < -0.3 is 37.9 Å². The predicted octanol–water partition coefficient (Wildman–Crippen LogP) is -1.85. The molecule has 194 valence electrons. The molecular weight excluding hydrogens is 488 g/mol. The molecule has 2 fully saturated rings. The molecule has 0 aromatic rings.